The van der Waals surface area contributed by atoms with Crippen molar-refractivity contribution in [1.29, 1.82) is 0 Å². The van der Waals surface area contributed by atoms with E-state index in [1.165, 1.54) is 24.7 Å². The number of sulfone groups is 1. The van der Waals surface area contributed by atoms with Crippen LogP contribution < -0.4 is 15.4 Å². The molecule has 0 saturated heterocycles. The fraction of sp³-hybridized carbons (Fsp3) is 0.458. The van der Waals surface area contributed by atoms with Gasteiger partial charge in [-0.3, -0.25) is 4.99 Å². The van der Waals surface area contributed by atoms with Crippen LogP contribution in [0.15, 0.2) is 52.4 Å². The molecule has 32 heavy (non-hydrogen) atoms. The van der Waals surface area contributed by atoms with Gasteiger partial charge in [0.2, 0.25) is 0 Å². The summed E-state index contributed by atoms with van der Waals surface area (Å²) in [6.45, 7) is 3.41. The van der Waals surface area contributed by atoms with E-state index < -0.39 is 9.84 Å². The van der Waals surface area contributed by atoms with Crippen LogP contribution in [-0.2, 0) is 22.8 Å². The minimum atomic E-state index is -3.16. The largest absolute Gasteiger partial charge is 0.490 e. The van der Waals surface area contributed by atoms with Crippen LogP contribution in [0, 0.1) is 6.92 Å². The number of aliphatic imine (C=N–C) groups is 1. The Balaban J connectivity index is 0.00000363. The maximum atomic E-state index is 11.6. The molecule has 0 aliphatic heterocycles. The van der Waals surface area contributed by atoms with Crippen molar-refractivity contribution in [3.05, 3.63) is 59.2 Å². The first-order chi connectivity index (χ1) is 14.8. The summed E-state index contributed by atoms with van der Waals surface area (Å²) in [7, 11) is -1.41. The van der Waals surface area contributed by atoms with Crippen molar-refractivity contribution in [2.75, 3.05) is 19.8 Å². The van der Waals surface area contributed by atoms with Gasteiger partial charge in [-0.1, -0.05) is 24.3 Å². The number of hydrogen-bond acceptors (Lipinski definition) is 4. The van der Waals surface area contributed by atoms with Gasteiger partial charge >= 0.3 is 0 Å². The number of aryl methyl sites for hydroxylation is 1. The summed E-state index contributed by atoms with van der Waals surface area (Å²) >= 11 is 0. The van der Waals surface area contributed by atoms with E-state index in [0.717, 1.165) is 42.1 Å². The lowest BCUT2D eigenvalue weighted by atomic mass is 10.1. The predicted molar refractivity (Wildman–Crippen MR) is 141 cm³/mol. The predicted octanol–water partition coefficient (Wildman–Crippen LogP) is 4.25. The van der Waals surface area contributed by atoms with Gasteiger partial charge in [0.15, 0.2) is 15.8 Å². The summed E-state index contributed by atoms with van der Waals surface area (Å²) < 4.78 is 29.4. The van der Waals surface area contributed by atoms with Gasteiger partial charge in [-0.2, -0.15) is 0 Å². The molecule has 2 N–H and O–H groups in total. The fourth-order valence-corrected chi connectivity index (χ4v) is 4.36. The molecular formula is C24H34IN3O3S. The van der Waals surface area contributed by atoms with Crippen molar-refractivity contribution in [3.63, 3.8) is 0 Å². The van der Waals surface area contributed by atoms with Crippen molar-refractivity contribution in [2.24, 2.45) is 4.99 Å². The lowest BCUT2D eigenvalue weighted by Crippen LogP contribution is -2.38. The zero-order valence-corrected chi connectivity index (χ0v) is 22.2. The van der Waals surface area contributed by atoms with Crippen LogP contribution in [0.3, 0.4) is 0 Å². The molecule has 176 valence electrons. The van der Waals surface area contributed by atoms with Crippen molar-refractivity contribution >= 4 is 39.8 Å². The Morgan fingerprint density at radius 1 is 1.09 bits per heavy atom. The van der Waals surface area contributed by atoms with E-state index in [9.17, 15) is 8.42 Å². The molecule has 0 aromatic heterocycles. The van der Waals surface area contributed by atoms with E-state index >= 15 is 0 Å². The first kappa shape index (κ1) is 26.4. The highest BCUT2D eigenvalue weighted by Gasteiger charge is 2.18. The van der Waals surface area contributed by atoms with E-state index in [-0.39, 0.29) is 24.0 Å². The van der Waals surface area contributed by atoms with Crippen LogP contribution in [0.5, 0.6) is 5.75 Å². The second-order valence-corrected chi connectivity index (χ2v) is 10.2. The molecule has 6 nitrogen and oxygen atoms in total. The third-order valence-electron chi connectivity index (χ3n) is 5.55. The Morgan fingerprint density at radius 2 is 1.78 bits per heavy atom. The van der Waals surface area contributed by atoms with Crippen LogP contribution >= 0.6 is 24.0 Å². The standard InChI is InChI=1S/C24H33N3O3S.HI/c1-18-8-11-20(23(16-18)30-21-6-4-5-7-21)17-27-24(25-2)26-15-14-19-9-12-22(13-10-19)31(3,28)29;/h8-13,16,21H,4-7,14-15,17H2,1-3H3,(H2,25,26,27);1H. The number of nitrogens with one attached hydrogen (secondary N) is 2. The number of halogens is 1. The molecule has 0 spiro atoms. The number of nitrogens with zero attached hydrogens (tertiary/aromatic N) is 1. The Kier molecular flexibility index (Phi) is 10.3. The molecule has 0 unspecified atom stereocenters. The monoisotopic (exact) mass is 571 g/mol. The smallest absolute Gasteiger partial charge is 0.191 e. The molecule has 2 aromatic carbocycles. The topological polar surface area (TPSA) is 79.8 Å². The molecule has 1 saturated carbocycles. The summed E-state index contributed by atoms with van der Waals surface area (Å²) in [6, 6.07) is 13.4. The summed E-state index contributed by atoms with van der Waals surface area (Å²) in [5, 5.41) is 6.68. The molecule has 1 aliphatic rings. The van der Waals surface area contributed by atoms with E-state index in [4.69, 9.17) is 4.74 Å². The third kappa shape index (κ3) is 7.95. The molecular weight excluding hydrogens is 537 g/mol. The summed E-state index contributed by atoms with van der Waals surface area (Å²) in [5.74, 6) is 1.68. The number of benzene rings is 2. The van der Waals surface area contributed by atoms with Crippen molar-refractivity contribution in [1.82, 2.24) is 10.6 Å². The highest BCUT2D eigenvalue weighted by molar-refractivity contribution is 14.0. The Bertz CT molecular complexity index is 1000. The highest BCUT2D eigenvalue weighted by atomic mass is 127. The van der Waals surface area contributed by atoms with E-state index in [2.05, 4.69) is 40.7 Å². The van der Waals surface area contributed by atoms with E-state index in [1.807, 2.05) is 12.1 Å². The van der Waals surface area contributed by atoms with Crippen LogP contribution in [0.1, 0.15) is 42.4 Å². The second kappa shape index (κ2) is 12.4. The van der Waals surface area contributed by atoms with Crippen LogP contribution in [0.2, 0.25) is 0 Å². The Labute approximate surface area is 209 Å². The second-order valence-electron chi connectivity index (χ2n) is 8.15. The zero-order chi connectivity index (χ0) is 22.3. The van der Waals surface area contributed by atoms with Crippen molar-refractivity contribution < 1.29 is 13.2 Å². The average molecular weight is 572 g/mol. The maximum absolute atomic E-state index is 11.6. The van der Waals surface area contributed by atoms with Gasteiger partial charge in [0, 0.05) is 32.0 Å². The summed E-state index contributed by atoms with van der Waals surface area (Å²) in [4.78, 5) is 4.65. The number of guanidine groups is 1. The molecule has 2 aromatic rings. The maximum Gasteiger partial charge on any atom is 0.191 e. The first-order valence-corrected chi connectivity index (χ1v) is 12.7. The molecule has 8 heteroatoms. The minimum absolute atomic E-state index is 0. The van der Waals surface area contributed by atoms with Crippen LogP contribution in [-0.4, -0.2) is 40.3 Å². The van der Waals surface area contributed by atoms with E-state index in [1.54, 1.807) is 19.2 Å². The fourth-order valence-electron chi connectivity index (χ4n) is 3.73. The third-order valence-corrected chi connectivity index (χ3v) is 6.67. The van der Waals surface area contributed by atoms with E-state index in [0.29, 0.717) is 24.1 Å². The molecule has 0 radical (unpaired) electrons. The SMILES string of the molecule is CN=C(NCCc1ccc(S(C)(=O)=O)cc1)NCc1ccc(C)cc1OC1CCCC1.I. The summed E-state index contributed by atoms with van der Waals surface area (Å²) in [6.07, 6.45) is 7.08. The van der Waals surface area contributed by atoms with Gasteiger partial charge < -0.3 is 15.4 Å². The summed E-state index contributed by atoms with van der Waals surface area (Å²) in [5.41, 5.74) is 3.39. The highest BCUT2D eigenvalue weighted by Crippen LogP contribution is 2.27. The minimum Gasteiger partial charge on any atom is -0.490 e. The van der Waals surface area contributed by atoms with Crippen molar-refractivity contribution in [2.45, 2.75) is 56.6 Å². The molecule has 1 aliphatic carbocycles. The van der Waals surface area contributed by atoms with Gasteiger partial charge in [-0.25, -0.2) is 8.42 Å². The van der Waals surface area contributed by atoms with Gasteiger partial charge in [0.05, 0.1) is 11.0 Å². The van der Waals surface area contributed by atoms with Crippen LogP contribution in [0.25, 0.3) is 0 Å². The quantitative estimate of drug-likeness (QED) is 0.282. The number of ether oxygens (including phenoxy) is 1. The first-order valence-electron chi connectivity index (χ1n) is 10.8. The van der Waals surface area contributed by atoms with Gasteiger partial charge in [-0.05, 0) is 68.4 Å². The zero-order valence-electron chi connectivity index (χ0n) is 19.1. The van der Waals surface area contributed by atoms with Gasteiger partial charge in [0.1, 0.15) is 5.75 Å². The number of hydrogen-bond donors (Lipinski definition) is 2. The van der Waals surface area contributed by atoms with Gasteiger partial charge in [-0.15, -0.1) is 24.0 Å². The Hall–Kier alpha value is -1.81. The molecule has 1 fully saturated rings. The average Bonchev–Trinajstić information content (AvgIpc) is 3.24. The lowest BCUT2D eigenvalue weighted by molar-refractivity contribution is 0.207. The van der Waals surface area contributed by atoms with Gasteiger partial charge in [0.25, 0.3) is 0 Å². The molecule has 0 heterocycles. The number of rotatable bonds is 8. The molecule has 3 rings (SSSR count). The Morgan fingerprint density at radius 3 is 2.41 bits per heavy atom. The molecule has 0 amide bonds. The molecule has 0 atom stereocenters. The van der Waals surface area contributed by atoms with Crippen LogP contribution in [0.4, 0.5) is 0 Å². The normalized spacial score (nSPS) is 14.7. The lowest BCUT2D eigenvalue weighted by Gasteiger charge is -2.18. The van der Waals surface area contributed by atoms with Crippen molar-refractivity contribution in [3.8, 4) is 5.75 Å². The molecule has 0 bridgehead atoms.